The average molecular weight is 316 g/mol. The summed E-state index contributed by atoms with van der Waals surface area (Å²) in [7, 11) is 0. The number of benzene rings is 1. The van der Waals surface area contributed by atoms with Crippen molar-refractivity contribution in [3.05, 3.63) is 33.8 Å². The van der Waals surface area contributed by atoms with Crippen LogP contribution in [0.1, 0.15) is 10.4 Å². The van der Waals surface area contributed by atoms with Gasteiger partial charge in [0.2, 0.25) is 5.91 Å². The van der Waals surface area contributed by atoms with Gasteiger partial charge >= 0.3 is 0 Å². The number of hydrogen-bond donors (Lipinski definition) is 2. The van der Waals surface area contributed by atoms with Crippen molar-refractivity contribution >= 4 is 35.0 Å². The lowest BCUT2D eigenvalue weighted by Crippen LogP contribution is -2.49. The lowest BCUT2D eigenvalue weighted by atomic mass is 10.2. The number of hydrogen-bond acceptors (Lipinski definition) is 3. The number of amides is 2. The summed E-state index contributed by atoms with van der Waals surface area (Å²) in [5, 5.41) is 6.46. The second-order valence-electron chi connectivity index (χ2n) is 4.44. The van der Waals surface area contributed by atoms with E-state index in [9.17, 15) is 9.59 Å². The first kappa shape index (κ1) is 15.1. The van der Waals surface area contributed by atoms with Crippen LogP contribution in [-0.4, -0.2) is 49.4 Å². The second-order valence-corrected chi connectivity index (χ2v) is 5.28. The summed E-state index contributed by atoms with van der Waals surface area (Å²) in [4.78, 5) is 25.6. The number of carbonyl (C=O) groups excluding carboxylic acids is 2. The van der Waals surface area contributed by atoms with Crippen LogP contribution >= 0.6 is 23.2 Å². The van der Waals surface area contributed by atoms with E-state index >= 15 is 0 Å². The molecule has 0 aliphatic carbocycles. The maximum absolute atomic E-state index is 12.0. The highest BCUT2D eigenvalue weighted by Gasteiger charge is 2.18. The van der Waals surface area contributed by atoms with Crippen LogP contribution in [-0.2, 0) is 4.79 Å². The molecule has 1 fully saturated rings. The minimum Gasteiger partial charge on any atom is -0.343 e. The Balaban J connectivity index is 1.91. The Labute approximate surface area is 127 Å². The van der Waals surface area contributed by atoms with Gasteiger partial charge in [0.15, 0.2) is 0 Å². The molecule has 1 aromatic rings. The molecular formula is C13H15Cl2N3O2. The number of nitrogens with zero attached hydrogens (tertiary/aromatic N) is 1. The van der Waals surface area contributed by atoms with E-state index in [1.165, 1.54) is 6.07 Å². The van der Waals surface area contributed by atoms with E-state index in [-0.39, 0.29) is 18.0 Å². The molecule has 0 saturated carbocycles. The van der Waals surface area contributed by atoms with Gasteiger partial charge in [0.25, 0.3) is 5.91 Å². The summed E-state index contributed by atoms with van der Waals surface area (Å²) in [6, 6.07) is 4.64. The molecule has 0 radical (unpaired) electrons. The highest BCUT2D eigenvalue weighted by molar-refractivity contribution is 6.35. The standard InChI is InChI=1S/C13H15Cl2N3O2/c14-9-1-2-11(15)10(7-9)13(20)17-8-12(19)18-5-3-16-4-6-18/h1-2,7,16H,3-6,8H2,(H,17,20). The zero-order valence-electron chi connectivity index (χ0n) is 10.8. The van der Waals surface area contributed by atoms with E-state index in [1.807, 2.05) is 0 Å². The number of halogens is 2. The van der Waals surface area contributed by atoms with E-state index in [4.69, 9.17) is 23.2 Å². The summed E-state index contributed by atoms with van der Waals surface area (Å²) in [6.07, 6.45) is 0. The van der Waals surface area contributed by atoms with Crippen molar-refractivity contribution in [2.24, 2.45) is 0 Å². The third kappa shape index (κ3) is 3.85. The Kier molecular flexibility index (Phi) is 5.23. The third-order valence-corrected chi connectivity index (χ3v) is 3.61. The maximum atomic E-state index is 12.0. The fraction of sp³-hybridized carbons (Fsp3) is 0.385. The molecule has 20 heavy (non-hydrogen) atoms. The Hall–Kier alpha value is -1.30. The van der Waals surface area contributed by atoms with Crippen LogP contribution in [0.25, 0.3) is 0 Å². The van der Waals surface area contributed by atoms with Crippen LogP contribution in [0.2, 0.25) is 10.0 Å². The van der Waals surface area contributed by atoms with Crippen molar-refractivity contribution in [2.75, 3.05) is 32.7 Å². The van der Waals surface area contributed by atoms with Crippen LogP contribution in [0.5, 0.6) is 0 Å². The minimum atomic E-state index is -0.402. The molecule has 1 aliphatic heterocycles. The van der Waals surface area contributed by atoms with E-state index in [0.717, 1.165) is 13.1 Å². The summed E-state index contributed by atoms with van der Waals surface area (Å²) < 4.78 is 0. The molecule has 0 atom stereocenters. The molecule has 1 saturated heterocycles. The molecule has 2 rings (SSSR count). The second kappa shape index (κ2) is 6.92. The molecule has 1 heterocycles. The van der Waals surface area contributed by atoms with Crippen LogP contribution in [0, 0.1) is 0 Å². The third-order valence-electron chi connectivity index (χ3n) is 3.04. The van der Waals surface area contributed by atoms with E-state index < -0.39 is 5.91 Å². The Morgan fingerprint density at radius 3 is 2.65 bits per heavy atom. The molecule has 0 spiro atoms. The van der Waals surface area contributed by atoms with Crippen molar-refractivity contribution in [3.8, 4) is 0 Å². The molecule has 0 aromatic heterocycles. The molecule has 2 N–H and O–H groups in total. The van der Waals surface area contributed by atoms with Crippen LogP contribution in [0.15, 0.2) is 18.2 Å². The normalized spacial score (nSPS) is 15.0. The van der Waals surface area contributed by atoms with Gasteiger partial charge in [-0.2, -0.15) is 0 Å². The van der Waals surface area contributed by atoms with Gasteiger partial charge in [0.1, 0.15) is 0 Å². The van der Waals surface area contributed by atoms with Gasteiger partial charge in [0.05, 0.1) is 17.1 Å². The lowest BCUT2D eigenvalue weighted by Gasteiger charge is -2.27. The summed E-state index contributed by atoms with van der Waals surface area (Å²) >= 11 is 11.8. The van der Waals surface area contributed by atoms with Crippen molar-refractivity contribution in [1.29, 1.82) is 0 Å². The van der Waals surface area contributed by atoms with E-state index in [1.54, 1.807) is 17.0 Å². The SMILES string of the molecule is O=C(NCC(=O)N1CCNCC1)c1cc(Cl)ccc1Cl. The molecule has 1 aliphatic rings. The molecule has 5 nitrogen and oxygen atoms in total. The Bertz CT molecular complexity index is 516. The predicted molar refractivity (Wildman–Crippen MR) is 78.2 cm³/mol. The quantitative estimate of drug-likeness (QED) is 0.879. The predicted octanol–water partition coefficient (Wildman–Crippen LogP) is 1.15. The highest BCUT2D eigenvalue weighted by Crippen LogP contribution is 2.20. The van der Waals surface area contributed by atoms with Gasteiger partial charge in [-0.3, -0.25) is 9.59 Å². The smallest absolute Gasteiger partial charge is 0.253 e. The summed E-state index contributed by atoms with van der Waals surface area (Å²) in [6.45, 7) is 2.83. The first-order chi connectivity index (χ1) is 9.58. The molecule has 2 amide bonds. The molecule has 1 aromatic carbocycles. The molecule has 0 unspecified atom stereocenters. The van der Waals surface area contributed by atoms with E-state index in [0.29, 0.717) is 23.1 Å². The van der Waals surface area contributed by atoms with Gasteiger partial charge in [0, 0.05) is 31.2 Å². The topological polar surface area (TPSA) is 61.4 Å². The van der Waals surface area contributed by atoms with Crippen molar-refractivity contribution < 1.29 is 9.59 Å². The molecule has 108 valence electrons. The first-order valence-corrected chi connectivity index (χ1v) is 7.05. The van der Waals surface area contributed by atoms with Crippen LogP contribution in [0.3, 0.4) is 0 Å². The van der Waals surface area contributed by atoms with Gasteiger partial charge in [-0.05, 0) is 18.2 Å². The van der Waals surface area contributed by atoms with Crippen LogP contribution < -0.4 is 10.6 Å². The zero-order valence-corrected chi connectivity index (χ0v) is 12.3. The average Bonchev–Trinajstić information content (AvgIpc) is 2.47. The molecule has 7 heteroatoms. The minimum absolute atomic E-state index is 0.0400. The fourth-order valence-corrected chi connectivity index (χ4v) is 2.32. The maximum Gasteiger partial charge on any atom is 0.253 e. The number of piperazine rings is 1. The highest BCUT2D eigenvalue weighted by atomic mass is 35.5. The number of rotatable bonds is 3. The van der Waals surface area contributed by atoms with Gasteiger partial charge in [-0.1, -0.05) is 23.2 Å². The largest absolute Gasteiger partial charge is 0.343 e. The zero-order chi connectivity index (χ0) is 14.5. The molecule has 0 bridgehead atoms. The fourth-order valence-electron chi connectivity index (χ4n) is 1.95. The van der Waals surface area contributed by atoms with Gasteiger partial charge in [-0.15, -0.1) is 0 Å². The van der Waals surface area contributed by atoms with E-state index in [2.05, 4.69) is 10.6 Å². The van der Waals surface area contributed by atoms with Crippen molar-refractivity contribution in [1.82, 2.24) is 15.5 Å². The summed E-state index contributed by atoms with van der Waals surface area (Å²) in [5.41, 5.74) is 0.271. The van der Waals surface area contributed by atoms with Gasteiger partial charge < -0.3 is 15.5 Å². The number of carbonyl (C=O) groups is 2. The monoisotopic (exact) mass is 315 g/mol. The lowest BCUT2D eigenvalue weighted by molar-refractivity contribution is -0.130. The van der Waals surface area contributed by atoms with Crippen molar-refractivity contribution in [2.45, 2.75) is 0 Å². The Morgan fingerprint density at radius 2 is 1.95 bits per heavy atom. The molecular weight excluding hydrogens is 301 g/mol. The Morgan fingerprint density at radius 1 is 1.25 bits per heavy atom. The first-order valence-electron chi connectivity index (χ1n) is 6.29. The number of nitrogens with one attached hydrogen (secondary N) is 2. The van der Waals surface area contributed by atoms with Crippen LogP contribution in [0.4, 0.5) is 0 Å². The van der Waals surface area contributed by atoms with Gasteiger partial charge in [-0.25, -0.2) is 0 Å². The van der Waals surface area contributed by atoms with Crippen molar-refractivity contribution in [3.63, 3.8) is 0 Å². The summed E-state index contributed by atoms with van der Waals surface area (Å²) in [5.74, 6) is -0.501.